The van der Waals surface area contributed by atoms with Crippen molar-refractivity contribution < 1.29 is 0 Å². The van der Waals surface area contributed by atoms with E-state index >= 15 is 0 Å². The summed E-state index contributed by atoms with van der Waals surface area (Å²) in [4.78, 5) is 2.44. The van der Waals surface area contributed by atoms with Crippen LogP contribution in [0.25, 0.3) is 88.7 Å². The molecule has 1 heteroatoms. The maximum atomic E-state index is 2.44. The molecule has 0 atom stereocenters. The van der Waals surface area contributed by atoms with Crippen molar-refractivity contribution in [3.05, 3.63) is 273 Å². The Morgan fingerprint density at radius 2 is 0.538 bits per heavy atom. The molecule has 306 valence electrons. The molecule has 0 aliphatic carbocycles. The summed E-state index contributed by atoms with van der Waals surface area (Å²) in [5.74, 6) is 0. The van der Waals surface area contributed by atoms with Crippen molar-refractivity contribution in [2.45, 2.75) is 0 Å². The predicted molar refractivity (Wildman–Crippen MR) is 277 cm³/mol. The number of rotatable bonds is 10. The van der Waals surface area contributed by atoms with Gasteiger partial charge in [-0.3, -0.25) is 0 Å². The molecule has 11 aromatic rings. The summed E-state index contributed by atoms with van der Waals surface area (Å²) in [6.45, 7) is 0. The zero-order valence-corrected chi connectivity index (χ0v) is 35.9. The highest BCUT2D eigenvalue weighted by Crippen LogP contribution is 2.47. The normalized spacial score (nSPS) is 11.1. The van der Waals surface area contributed by atoms with Crippen LogP contribution in [0, 0.1) is 0 Å². The van der Waals surface area contributed by atoms with Gasteiger partial charge in [-0.05, 0) is 126 Å². The lowest BCUT2D eigenvalue weighted by molar-refractivity contribution is 1.28. The molecule has 0 aliphatic heterocycles. The quantitative estimate of drug-likeness (QED) is 0.133. The van der Waals surface area contributed by atoms with Gasteiger partial charge in [-0.2, -0.15) is 0 Å². The molecule has 11 rings (SSSR count). The molecule has 65 heavy (non-hydrogen) atoms. The lowest BCUT2D eigenvalue weighted by Crippen LogP contribution is -2.12. The smallest absolute Gasteiger partial charge is 0.0546 e. The van der Waals surface area contributed by atoms with E-state index < -0.39 is 0 Å². The lowest BCUT2D eigenvalue weighted by Gasteiger charge is -2.30. The molecule has 0 bridgehead atoms. The van der Waals surface area contributed by atoms with Crippen molar-refractivity contribution in [3.8, 4) is 77.9 Å². The number of hydrogen-bond acceptors (Lipinski definition) is 1. The second-order valence-corrected chi connectivity index (χ2v) is 16.5. The molecule has 0 aromatic heterocycles. The third-order valence-electron chi connectivity index (χ3n) is 12.5. The molecule has 0 aliphatic rings. The van der Waals surface area contributed by atoms with E-state index in [4.69, 9.17) is 0 Å². The molecule has 11 aromatic carbocycles. The van der Waals surface area contributed by atoms with Gasteiger partial charge in [0.1, 0.15) is 0 Å². The van der Waals surface area contributed by atoms with Crippen LogP contribution >= 0.6 is 0 Å². The van der Waals surface area contributed by atoms with Gasteiger partial charge in [0.05, 0.1) is 5.69 Å². The second kappa shape index (κ2) is 17.7. The van der Waals surface area contributed by atoms with Gasteiger partial charge in [-0.15, -0.1) is 0 Å². The van der Waals surface area contributed by atoms with Crippen LogP contribution < -0.4 is 4.90 Å². The van der Waals surface area contributed by atoms with E-state index in [2.05, 4.69) is 278 Å². The highest BCUT2D eigenvalue weighted by molar-refractivity contribution is 5.98. The van der Waals surface area contributed by atoms with Gasteiger partial charge in [0, 0.05) is 16.9 Å². The maximum absolute atomic E-state index is 2.44. The van der Waals surface area contributed by atoms with Crippen LogP contribution in [0.15, 0.2) is 273 Å². The Labute approximate surface area is 381 Å². The minimum atomic E-state index is 1.07. The first kappa shape index (κ1) is 39.3. The number of anilines is 3. The summed E-state index contributed by atoms with van der Waals surface area (Å²) in [6.07, 6.45) is 0. The molecular formula is C64H45N. The summed E-state index contributed by atoms with van der Waals surface area (Å²) in [7, 11) is 0. The Morgan fingerprint density at radius 3 is 1.05 bits per heavy atom. The van der Waals surface area contributed by atoms with Crippen molar-refractivity contribution >= 4 is 27.8 Å². The SMILES string of the molecule is c1ccc(-c2cc(-c3ccccc3)c(N(c3ccc(-c4ccc5ccccc5c4)cc3)c3ccc(-c4ccccc4-c4ccccc4-c4ccccc4)cc3)cc2-c2ccccc2)cc1. The van der Waals surface area contributed by atoms with E-state index in [1.165, 1.54) is 72.0 Å². The van der Waals surface area contributed by atoms with Crippen LogP contribution in [-0.4, -0.2) is 0 Å². The summed E-state index contributed by atoms with van der Waals surface area (Å²) in [5.41, 5.74) is 19.8. The average molecular weight is 828 g/mol. The van der Waals surface area contributed by atoms with Crippen LogP contribution in [0.2, 0.25) is 0 Å². The number of benzene rings is 11. The minimum Gasteiger partial charge on any atom is -0.310 e. The van der Waals surface area contributed by atoms with E-state index in [1.54, 1.807) is 0 Å². The minimum absolute atomic E-state index is 1.07. The third kappa shape index (κ3) is 7.93. The zero-order valence-electron chi connectivity index (χ0n) is 35.9. The molecule has 0 saturated heterocycles. The summed E-state index contributed by atoms with van der Waals surface area (Å²) in [5, 5.41) is 2.48. The van der Waals surface area contributed by atoms with E-state index in [1.807, 2.05) is 0 Å². The number of hydrogen-bond donors (Lipinski definition) is 0. The molecule has 1 nitrogen and oxygen atoms in total. The van der Waals surface area contributed by atoms with Crippen LogP contribution in [0.4, 0.5) is 17.1 Å². The highest BCUT2D eigenvalue weighted by atomic mass is 15.1. The van der Waals surface area contributed by atoms with E-state index in [9.17, 15) is 0 Å². The largest absolute Gasteiger partial charge is 0.310 e. The molecule has 0 fully saturated rings. The predicted octanol–water partition coefficient (Wildman–Crippen LogP) is 18.0. The molecule has 0 saturated carbocycles. The summed E-state index contributed by atoms with van der Waals surface area (Å²) in [6, 6.07) is 98.9. The average Bonchev–Trinajstić information content (AvgIpc) is 3.40. The van der Waals surface area contributed by atoms with Gasteiger partial charge in [-0.25, -0.2) is 0 Å². The van der Waals surface area contributed by atoms with Crippen LogP contribution in [0.3, 0.4) is 0 Å². The molecule has 0 unspecified atom stereocenters. The van der Waals surface area contributed by atoms with Crippen molar-refractivity contribution in [2.24, 2.45) is 0 Å². The Bertz CT molecular complexity index is 3380. The zero-order chi connectivity index (χ0) is 43.4. The fourth-order valence-electron chi connectivity index (χ4n) is 9.28. The van der Waals surface area contributed by atoms with Crippen molar-refractivity contribution in [3.63, 3.8) is 0 Å². The lowest BCUT2D eigenvalue weighted by atomic mass is 9.88. The van der Waals surface area contributed by atoms with E-state index in [-0.39, 0.29) is 0 Å². The molecule has 0 heterocycles. The van der Waals surface area contributed by atoms with Crippen molar-refractivity contribution in [1.82, 2.24) is 0 Å². The summed E-state index contributed by atoms with van der Waals surface area (Å²) >= 11 is 0. The van der Waals surface area contributed by atoms with Crippen LogP contribution in [-0.2, 0) is 0 Å². The molecule has 0 spiro atoms. The topological polar surface area (TPSA) is 3.24 Å². The monoisotopic (exact) mass is 827 g/mol. The number of nitrogens with zero attached hydrogens (tertiary/aromatic N) is 1. The maximum Gasteiger partial charge on any atom is 0.0546 e. The highest BCUT2D eigenvalue weighted by Gasteiger charge is 2.22. The Kier molecular flexibility index (Phi) is 10.7. The van der Waals surface area contributed by atoms with Gasteiger partial charge in [-0.1, -0.05) is 231 Å². The molecule has 0 N–H and O–H groups in total. The fourth-order valence-corrected chi connectivity index (χ4v) is 9.28. The third-order valence-corrected chi connectivity index (χ3v) is 12.5. The molecule has 0 radical (unpaired) electrons. The number of fused-ring (bicyclic) bond motifs is 1. The van der Waals surface area contributed by atoms with Gasteiger partial charge in [0.15, 0.2) is 0 Å². The first-order valence-electron chi connectivity index (χ1n) is 22.3. The molecule has 0 amide bonds. The van der Waals surface area contributed by atoms with Crippen LogP contribution in [0.1, 0.15) is 0 Å². The Morgan fingerprint density at radius 1 is 0.185 bits per heavy atom. The fraction of sp³-hybridized carbons (Fsp3) is 0. The Hall–Kier alpha value is -8.52. The summed E-state index contributed by atoms with van der Waals surface area (Å²) < 4.78 is 0. The molecular weight excluding hydrogens is 783 g/mol. The van der Waals surface area contributed by atoms with E-state index in [0.29, 0.717) is 0 Å². The van der Waals surface area contributed by atoms with Crippen molar-refractivity contribution in [1.29, 1.82) is 0 Å². The first-order chi connectivity index (χ1) is 32.2. The van der Waals surface area contributed by atoms with Gasteiger partial charge < -0.3 is 4.90 Å². The van der Waals surface area contributed by atoms with Crippen molar-refractivity contribution in [2.75, 3.05) is 4.90 Å². The van der Waals surface area contributed by atoms with Gasteiger partial charge >= 0.3 is 0 Å². The van der Waals surface area contributed by atoms with Crippen LogP contribution in [0.5, 0.6) is 0 Å². The Balaban J connectivity index is 1.10. The van der Waals surface area contributed by atoms with Gasteiger partial charge in [0.25, 0.3) is 0 Å². The second-order valence-electron chi connectivity index (χ2n) is 16.5. The standard InChI is InChI=1S/C64H45N/c1-5-20-48(21-6-1)57-29-15-17-31-59(57)60-32-18-16-30-58(60)52-37-41-56(42-38-52)65(55-39-35-47(36-40-55)54-34-33-46-19-13-14-28-53(46)43-54)64-45-62(50-24-9-3-10-25-50)61(49-22-7-2-8-23-49)44-63(64)51-26-11-4-12-27-51/h1-45H. The van der Waals surface area contributed by atoms with E-state index in [0.717, 1.165) is 33.8 Å². The van der Waals surface area contributed by atoms with Gasteiger partial charge in [0.2, 0.25) is 0 Å². The first-order valence-corrected chi connectivity index (χ1v) is 22.3.